The molecule has 0 amide bonds. The van der Waals surface area contributed by atoms with E-state index in [-0.39, 0.29) is 0 Å². The van der Waals surface area contributed by atoms with Crippen molar-refractivity contribution < 1.29 is 8.42 Å². The van der Waals surface area contributed by atoms with Gasteiger partial charge in [0.1, 0.15) is 4.90 Å². The van der Waals surface area contributed by atoms with Gasteiger partial charge in [0.2, 0.25) is 10.0 Å². The molecule has 18 heavy (non-hydrogen) atoms. The Balaban J connectivity index is 1.82. The number of piperidine rings is 1. The molecule has 6 heteroatoms. The van der Waals surface area contributed by atoms with E-state index in [9.17, 15) is 8.42 Å². The molecule has 0 spiro atoms. The molecule has 0 saturated carbocycles. The minimum atomic E-state index is -3.36. The van der Waals surface area contributed by atoms with E-state index < -0.39 is 10.0 Å². The topological polar surface area (TPSA) is 62.3 Å². The van der Waals surface area contributed by atoms with Crippen LogP contribution >= 0.6 is 0 Å². The lowest BCUT2D eigenvalue weighted by atomic mass is 9.90. The fraction of sp³-hybridized carbons (Fsp3) is 0.583. The Morgan fingerprint density at radius 1 is 1.33 bits per heavy atom. The van der Waals surface area contributed by atoms with E-state index in [4.69, 9.17) is 0 Å². The molecule has 2 atom stereocenters. The Morgan fingerprint density at radius 2 is 2.17 bits per heavy atom. The first-order chi connectivity index (χ1) is 8.68. The van der Waals surface area contributed by atoms with Crippen LogP contribution in [-0.2, 0) is 10.0 Å². The summed E-state index contributed by atoms with van der Waals surface area (Å²) in [6, 6.07) is 3.28. The molecular formula is C12H17N3O2S. The molecule has 2 aliphatic rings. The van der Waals surface area contributed by atoms with Gasteiger partial charge >= 0.3 is 0 Å². The highest BCUT2D eigenvalue weighted by molar-refractivity contribution is 7.89. The van der Waals surface area contributed by atoms with Gasteiger partial charge in [-0.25, -0.2) is 8.42 Å². The van der Waals surface area contributed by atoms with Gasteiger partial charge in [0.25, 0.3) is 0 Å². The predicted octanol–water partition coefficient (Wildman–Crippen LogP) is 0.312. The average molecular weight is 267 g/mol. The van der Waals surface area contributed by atoms with Crippen molar-refractivity contribution in [3.63, 3.8) is 0 Å². The number of pyridine rings is 1. The molecule has 98 valence electrons. The van der Waals surface area contributed by atoms with Gasteiger partial charge in [0.05, 0.1) is 0 Å². The van der Waals surface area contributed by atoms with Crippen LogP contribution < -0.4 is 5.32 Å². The molecule has 5 nitrogen and oxygen atoms in total. The molecule has 0 bridgehead atoms. The molecule has 2 unspecified atom stereocenters. The van der Waals surface area contributed by atoms with Crippen molar-refractivity contribution >= 4 is 10.0 Å². The Morgan fingerprint density at radius 3 is 2.94 bits per heavy atom. The number of fused-ring (bicyclic) bond motifs is 1. The third-order valence-electron chi connectivity index (χ3n) is 3.94. The molecule has 3 rings (SSSR count). The maximum absolute atomic E-state index is 12.4. The first kappa shape index (κ1) is 12.1. The standard InChI is InChI=1S/C12H17N3O2S/c16-18(17,12-2-1-4-13-8-12)15-5-3-10-6-14-7-11(10)9-15/h1-2,4,8,10-11,14H,3,5-7,9H2. The van der Waals surface area contributed by atoms with Gasteiger partial charge in [0, 0.05) is 25.5 Å². The second kappa shape index (κ2) is 4.60. The van der Waals surface area contributed by atoms with E-state index in [0.29, 0.717) is 29.8 Å². The highest BCUT2D eigenvalue weighted by Gasteiger charge is 2.37. The largest absolute Gasteiger partial charge is 0.316 e. The van der Waals surface area contributed by atoms with Gasteiger partial charge in [-0.3, -0.25) is 4.98 Å². The fourth-order valence-electron chi connectivity index (χ4n) is 2.87. The van der Waals surface area contributed by atoms with E-state index in [2.05, 4.69) is 10.3 Å². The van der Waals surface area contributed by atoms with E-state index in [1.165, 1.54) is 6.20 Å². The molecule has 2 aliphatic heterocycles. The summed E-state index contributed by atoms with van der Waals surface area (Å²) >= 11 is 0. The Kier molecular flexibility index (Phi) is 3.09. The number of sulfonamides is 1. The highest BCUT2D eigenvalue weighted by Crippen LogP contribution is 2.29. The number of hydrogen-bond donors (Lipinski definition) is 1. The molecule has 2 fully saturated rings. The minimum Gasteiger partial charge on any atom is -0.316 e. The maximum Gasteiger partial charge on any atom is 0.244 e. The summed E-state index contributed by atoms with van der Waals surface area (Å²) in [6.07, 6.45) is 3.97. The van der Waals surface area contributed by atoms with Crippen LogP contribution in [0, 0.1) is 11.8 Å². The zero-order chi connectivity index (χ0) is 12.6. The second-order valence-electron chi connectivity index (χ2n) is 5.02. The predicted molar refractivity (Wildman–Crippen MR) is 67.5 cm³/mol. The Hall–Kier alpha value is -0.980. The molecule has 0 aliphatic carbocycles. The van der Waals surface area contributed by atoms with Gasteiger partial charge in [0.15, 0.2) is 0 Å². The van der Waals surface area contributed by atoms with Crippen LogP contribution in [0.25, 0.3) is 0 Å². The molecule has 3 heterocycles. The van der Waals surface area contributed by atoms with Gasteiger partial charge < -0.3 is 5.32 Å². The van der Waals surface area contributed by atoms with Crippen molar-refractivity contribution in [3.05, 3.63) is 24.5 Å². The van der Waals surface area contributed by atoms with Gasteiger partial charge in [-0.2, -0.15) is 4.31 Å². The van der Waals surface area contributed by atoms with Crippen molar-refractivity contribution in [2.45, 2.75) is 11.3 Å². The van der Waals surface area contributed by atoms with Crippen molar-refractivity contribution in [1.29, 1.82) is 0 Å². The maximum atomic E-state index is 12.4. The van der Waals surface area contributed by atoms with Crippen LogP contribution in [-0.4, -0.2) is 43.9 Å². The summed E-state index contributed by atoms with van der Waals surface area (Å²) in [6.45, 7) is 3.23. The highest BCUT2D eigenvalue weighted by atomic mass is 32.2. The normalized spacial score (nSPS) is 29.1. The molecule has 1 N–H and O–H groups in total. The van der Waals surface area contributed by atoms with Crippen LogP contribution in [0.5, 0.6) is 0 Å². The summed E-state index contributed by atoms with van der Waals surface area (Å²) in [5.74, 6) is 1.11. The lowest BCUT2D eigenvalue weighted by molar-refractivity contribution is 0.228. The van der Waals surface area contributed by atoms with Crippen LogP contribution in [0.15, 0.2) is 29.4 Å². The summed E-state index contributed by atoms with van der Waals surface area (Å²) in [5, 5.41) is 3.34. The van der Waals surface area contributed by atoms with Gasteiger partial charge in [-0.15, -0.1) is 0 Å². The Bertz CT molecular complexity index is 517. The monoisotopic (exact) mass is 267 g/mol. The Labute approximate surface area is 107 Å². The lowest BCUT2D eigenvalue weighted by Crippen LogP contribution is -2.43. The van der Waals surface area contributed by atoms with Crippen LogP contribution in [0.2, 0.25) is 0 Å². The number of nitrogens with one attached hydrogen (secondary N) is 1. The van der Waals surface area contributed by atoms with E-state index >= 15 is 0 Å². The van der Waals surface area contributed by atoms with Crippen molar-refractivity contribution in [2.24, 2.45) is 11.8 Å². The molecule has 0 radical (unpaired) electrons. The van der Waals surface area contributed by atoms with Gasteiger partial charge in [-0.05, 0) is 43.5 Å². The zero-order valence-electron chi connectivity index (χ0n) is 10.1. The van der Waals surface area contributed by atoms with Crippen molar-refractivity contribution in [3.8, 4) is 0 Å². The lowest BCUT2D eigenvalue weighted by Gasteiger charge is -2.33. The second-order valence-corrected chi connectivity index (χ2v) is 6.96. The third kappa shape index (κ3) is 2.04. The van der Waals surface area contributed by atoms with Crippen LogP contribution in [0.3, 0.4) is 0 Å². The SMILES string of the molecule is O=S(=O)(c1cccnc1)N1CCC2CNCC2C1. The first-order valence-corrected chi connectivity index (χ1v) is 7.73. The summed E-state index contributed by atoms with van der Waals surface area (Å²) in [7, 11) is -3.36. The molecule has 1 aromatic heterocycles. The summed E-state index contributed by atoms with van der Waals surface area (Å²) < 4.78 is 26.5. The van der Waals surface area contributed by atoms with Gasteiger partial charge in [-0.1, -0.05) is 0 Å². The quantitative estimate of drug-likeness (QED) is 0.838. The third-order valence-corrected chi connectivity index (χ3v) is 5.79. The van der Waals surface area contributed by atoms with E-state index in [0.717, 1.165) is 19.5 Å². The fourth-order valence-corrected chi connectivity index (χ4v) is 4.34. The van der Waals surface area contributed by atoms with Crippen molar-refractivity contribution in [1.82, 2.24) is 14.6 Å². The zero-order valence-corrected chi connectivity index (χ0v) is 10.9. The summed E-state index contributed by atoms with van der Waals surface area (Å²) in [4.78, 5) is 4.19. The smallest absolute Gasteiger partial charge is 0.244 e. The first-order valence-electron chi connectivity index (χ1n) is 6.29. The molecular weight excluding hydrogens is 250 g/mol. The van der Waals surface area contributed by atoms with E-state index in [1.807, 2.05) is 0 Å². The molecule has 1 aromatic rings. The van der Waals surface area contributed by atoms with Crippen molar-refractivity contribution in [2.75, 3.05) is 26.2 Å². The minimum absolute atomic E-state index is 0.300. The number of hydrogen-bond acceptors (Lipinski definition) is 4. The number of aromatic nitrogens is 1. The van der Waals surface area contributed by atoms with Crippen LogP contribution in [0.4, 0.5) is 0 Å². The molecule has 2 saturated heterocycles. The number of nitrogens with zero attached hydrogens (tertiary/aromatic N) is 2. The average Bonchev–Trinajstić information content (AvgIpc) is 2.87. The van der Waals surface area contributed by atoms with Crippen LogP contribution in [0.1, 0.15) is 6.42 Å². The number of rotatable bonds is 2. The molecule has 0 aromatic carbocycles. The summed E-state index contributed by atoms with van der Waals surface area (Å²) in [5.41, 5.74) is 0. The van der Waals surface area contributed by atoms with E-state index in [1.54, 1.807) is 22.6 Å².